The number of aromatic nitrogens is 1. The van der Waals surface area contributed by atoms with E-state index in [1.54, 1.807) is 25.1 Å². The molecule has 3 aromatic rings. The van der Waals surface area contributed by atoms with Gasteiger partial charge in [0, 0.05) is 31.5 Å². The number of aryl methyl sites for hydroxylation is 1. The van der Waals surface area contributed by atoms with Crippen LogP contribution in [0.25, 0.3) is 10.8 Å². The van der Waals surface area contributed by atoms with E-state index in [2.05, 4.69) is 4.98 Å². The van der Waals surface area contributed by atoms with E-state index in [9.17, 15) is 10.1 Å². The first-order valence-electron chi connectivity index (χ1n) is 7.89. The van der Waals surface area contributed by atoms with Gasteiger partial charge in [0.2, 0.25) is 5.88 Å². The summed E-state index contributed by atoms with van der Waals surface area (Å²) in [5, 5.41) is 12.4. The van der Waals surface area contributed by atoms with Crippen LogP contribution in [-0.4, -0.2) is 24.0 Å². The van der Waals surface area contributed by atoms with Gasteiger partial charge >= 0.3 is 0 Å². The molecule has 6 heteroatoms. The lowest BCUT2D eigenvalue weighted by Gasteiger charge is -2.13. The van der Waals surface area contributed by atoms with E-state index in [-0.39, 0.29) is 10.6 Å². The zero-order chi connectivity index (χ0) is 18.0. The quantitative estimate of drug-likeness (QED) is 0.518. The number of nitro benzene ring substituents is 1. The second-order valence-electron chi connectivity index (χ2n) is 6.05. The zero-order valence-electron chi connectivity index (χ0n) is 14.4. The zero-order valence-corrected chi connectivity index (χ0v) is 14.4. The summed E-state index contributed by atoms with van der Waals surface area (Å²) in [5.41, 5.74) is 2.86. The van der Waals surface area contributed by atoms with Gasteiger partial charge in [-0.15, -0.1) is 0 Å². The molecule has 3 rings (SSSR count). The molecule has 0 spiro atoms. The normalized spacial score (nSPS) is 10.7. The van der Waals surface area contributed by atoms with E-state index >= 15 is 0 Å². The molecule has 25 heavy (non-hydrogen) atoms. The summed E-state index contributed by atoms with van der Waals surface area (Å²) in [6.07, 6.45) is 0. The molecule has 0 aliphatic heterocycles. The van der Waals surface area contributed by atoms with Crippen LogP contribution in [-0.2, 0) is 6.61 Å². The number of anilines is 1. The molecule has 6 nitrogen and oxygen atoms in total. The lowest BCUT2D eigenvalue weighted by atomic mass is 10.1. The maximum absolute atomic E-state index is 11.2. The van der Waals surface area contributed by atoms with E-state index in [0.717, 1.165) is 11.3 Å². The van der Waals surface area contributed by atoms with Crippen molar-refractivity contribution in [3.05, 3.63) is 69.9 Å². The number of hydrogen-bond acceptors (Lipinski definition) is 5. The Bertz CT molecular complexity index is 921. The van der Waals surface area contributed by atoms with Gasteiger partial charge in [0.25, 0.3) is 5.69 Å². The summed E-state index contributed by atoms with van der Waals surface area (Å²) in [5.74, 6) is 0.412. The molecule has 0 aliphatic carbocycles. The number of ether oxygens (including phenoxy) is 1. The fraction of sp³-hybridized carbons (Fsp3) is 0.211. The molecule has 0 radical (unpaired) electrons. The summed E-state index contributed by atoms with van der Waals surface area (Å²) in [7, 11) is 3.97. The van der Waals surface area contributed by atoms with Crippen LogP contribution < -0.4 is 9.64 Å². The highest BCUT2D eigenvalue weighted by Gasteiger charge is 2.15. The average Bonchev–Trinajstić information content (AvgIpc) is 2.59. The van der Waals surface area contributed by atoms with Crippen molar-refractivity contribution in [2.75, 3.05) is 19.0 Å². The van der Waals surface area contributed by atoms with Crippen LogP contribution in [0.4, 0.5) is 11.4 Å². The summed E-state index contributed by atoms with van der Waals surface area (Å²) in [4.78, 5) is 17.3. The van der Waals surface area contributed by atoms with Crippen LogP contribution in [0.5, 0.6) is 5.88 Å². The molecule has 0 atom stereocenters. The molecule has 128 valence electrons. The Balaban J connectivity index is 1.91. The summed E-state index contributed by atoms with van der Waals surface area (Å²) >= 11 is 0. The van der Waals surface area contributed by atoms with Gasteiger partial charge in [-0.05, 0) is 36.8 Å². The van der Waals surface area contributed by atoms with Gasteiger partial charge in [-0.2, -0.15) is 0 Å². The molecule has 0 aliphatic rings. The Labute approximate surface area is 145 Å². The lowest BCUT2D eigenvalue weighted by molar-refractivity contribution is -0.383. The maximum atomic E-state index is 11.2. The number of non-ortho nitro benzene ring substituents is 1. The van der Waals surface area contributed by atoms with E-state index < -0.39 is 0 Å². The number of rotatable bonds is 5. The predicted molar refractivity (Wildman–Crippen MR) is 98.2 cm³/mol. The molecule has 0 unspecified atom stereocenters. The van der Waals surface area contributed by atoms with E-state index in [0.29, 0.717) is 29.0 Å². The summed E-state index contributed by atoms with van der Waals surface area (Å²) in [6, 6.07) is 14.7. The fourth-order valence-electron chi connectivity index (χ4n) is 2.66. The Morgan fingerprint density at radius 2 is 1.84 bits per heavy atom. The van der Waals surface area contributed by atoms with Crippen molar-refractivity contribution in [3.63, 3.8) is 0 Å². The number of nitrogens with zero attached hydrogens (tertiary/aromatic N) is 3. The standard InChI is InChI=1S/C19H19N3O3/c1-13-11-17-16(5-4-6-18(17)22(23)24)19(20-13)25-12-14-7-9-15(10-8-14)21(2)3/h4-11H,12H2,1-3H3. The molecule has 1 aromatic heterocycles. The van der Waals surface area contributed by atoms with Gasteiger partial charge in [0.1, 0.15) is 6.61 Å². The van der Waals surface area contributed by atoms with Crippen molar-refractivity contribution in [3.8, 4) is 5.88 Å². The number of pyridine rings is 1. The minimum atomic E-state index is -0.383. The third-order valence-corrected chi connectivity index (χ3v) is 3.97. The van der Waals surface area contributed by atoms with Crippen LogP contribution in [0.2, 0.25) is 0 Å². The lowest BCUT2D eigenvalue weighted by Crippen LogP contribution is -2.08. The van der Waals surface area contributed by atoms with Gasteiger partial charge < -0.3 is 9.64 Å². The minimum Gasteiger partial charge on any atom is -0.472 e. The molecule has 0 N–H and O–H groups in total. The first kappa shape index (κ1) is 16.7. The smallest absolute Gasteiger partial charge is 0.277 e. The summed E-state index contributed by atoms with van der Waals surface area (Å²) in [6.45, 7) is 2.15. The summed E-state index contributed by atoms with van der Waals surface area (Å²) < 4.78 is 5.87. The van der Waals surface area contributed by atoms with Gasteiger partial charge in [0.05, 0.1) is 15.7 Å². The first-order valence-corrected chi connectivity index (χ1v) is 7.89. The monoisotopic (exact) mass is 337 g/mol. The van der Waals surface area contributed by atoms with Crippen molar-refractivity contribution in [1.82, 2.24) is 4.98 Å². The molecule has 0 saturated heterocycles. The van der Waals surface area contributed by atoms with Gasteiger partial charge in [0.15, 0.2) is 0 Å². The molecule has 0 bridgehead atoms. The van der Waals surface area contributed by atoms with Gasteiger partial charge in [-0.25, -0.2) is 4.98 Å². The molecule has 0 fully saturated rings. The number of fused-ring (bicyclic) bond motifs is 1. The molecule has 1 heterocycles. The first-order chi connectivity index (χ1) is 12.0. The van der Waals surface area contributed by atoms with Crippen LogP contribution >= 0.6 is 0 Å². The van der Waals surface area contributed by atoms with Crippen molar-refractivity contribution in [1.29, 1.82) is 0 Å². The minimum absolute atomic E-state index is 0.0585. The van der Waals surface area contributed by atoms with Crippen molar-refractivity contribution < 1.29 is 9.66 Å². The second kappa shape index (κ2) is 6.76. The van der Waals surface area contributed by atoms with Crippen molar-refractivity contribution >= 4 is 22.1 Å². The molecular formula is C19H19N3O3. The van der Waals surface area contributed by atoms with Gasteiger partial charge in [-0.3, -0.25) is 10.1 Å². The highest BCUT2D eigenvalue weighted by Crippen LogP contribution is 2.31. The van der Waals surface area contributed by atoms with Crippen LogP contribution in [0.1, 0.15) is 11.3 Å². The molecular weight excluding hydrogens is 318 g/mol. The fourth-order valence-corrected chi connectivity index (χ4v) is 2.66. The predicted octanol–water partition coefficient (Wildman–Crippen LogP) is 4.10. The Hall–Kier alpha value is -3.15. The Morgan fingerprint density at radius 3 is 2.48 bits per heavy atom. The third-order valence-electron chi connectivity index (χ3n) is 3.97. The third kappa shape index (κ3) is 3.52. The number of nitro groups is 1. The van der Waals surface area contributed by atoms with Crippen LogP contribution in [0.3, 0.4) is 0 Å². The van der Waals surface area contributed by atoms with E-state index in [1.807, 2.05) is 43.3 Å². The number of benzene rings is 2. The Kier molecular flexibility index (Phi) is 4.52. The van der Waals surface area contributed by atoms with Crippen LogP contribution in [0, 0.1) is 17.0 Å². The van der Waals surface area contributed by atoms with E-state index in [4.69, 9.17) is 4.74 Å². The highest BCUT2D eigenvalue weighted by molar-refractivity contribution is 5.94. The topological polar surface area (TPSA) is 68.5 Å². The van der Waals surface area contributed by atoms with Crippen molar-refractivity contribution in [2.24, 2.45) is 0 Å². The molecule has 2 aromatic carbocycles. The number of hydrogen-bond donors (Lipinski definition) is 0. The van der Waals surface area contributed by atoms with E-state index in [1.165, 1.54) is 6.07 Å². The van der Waals surface area contributed by atoms with Gasteiger partial charge in [-0.1, -0.05) is 18.2 Å². The SMILES string of the molecule is Cc1cc2c([N+](=O)[O-])cccc2c(OCc2ccc(N(C)C)cc2)n1. The largest absolute Gasteiger partial charge is 0.472 e. The molecule has 0 saturated carbocycles. The highest BCUT2D eigenvalue weighted by atomic mass is 16.6. The Morgan fingerprint density at radius 1 is 1.12 bits per heavy atom. The second-order valence-corrected chi connectivity index (χ2v) is 6.05. The average molecular weight is 337 g/mol. The van der Waals surface area contributed by atoms with Crippen molar-refractivity contribution in [2.45, 2.75) is 13.5 Å². The van der Waals surface area contributed by atoms with Crippen LogP contribution in [0.15, 0.2) is 48.5 Å². The molecule has 0 amide bonds. The maximum Gasteiger partial charge on any atom is 0.277 e.